The van der Waals surface area contributed by atoms with Crippen molar-refractivity contribution in [2.75, 3.05) is 0 Å². The Morgan fingerprint density at radius 2 is 2.13 bits per heavy atom. The lowest BCUT2D eigenvalue weighted by molar-refractivity contribution is -0.276. The van der Waals surface area contributed by atoms with Gasteiger partial charge < -0.3 is 10.5 Å². The summed E-state index contributed by atoms with van der Waals surface area (Å²) < 4.78 is 39.9. The third-order valence-electron chi connectivity index (χ3n) is 1.72. The highest BCUT2D eigenvalue weighted by molar-refractivity contribution is 14.1. The van der Waals surface area contributed by atoms with Crippen molar-refractivity contribution in [1.29, 1.82) is 0 Å². The SMILES string of the molecule is Cc1cnc(OC(F)(F)F)c(I)c1CN. The molecular formula is C8H8F3IN2O. The minimum Gasteiger partial charge on any atom is -0.387 e. The van der Waals surface area contributed by atoms with E-state index in [2.05, 4.69) is 9.72 Å². The lowest BCUT2D eigenvalue weighted by Gasteiger charge is -2.12. The molecule has 0 atom stereocenters. The van der Waals surface area contributed by atoms with Crippen molar-refractivity contribution in [3.8, 4) is 5.88 Å². The van der Waals surface area contributed by atoms with E-state index in [4.69, 9.17) is 5.73 Å². The van der Waals surface area contributed by atoms with Gasteiger partial charge in [-0.2, -0.15) is 0 Å². The molecule has 15 heavy (non-hydrogen) atoms. The van der Waals surface area contributed by atoms with Crippen LogP contribution in [0.3, 0.4) is 0 Å². The molecule has 0 fully saturated rings. The van der Waals surface area contributed by atoms with Gasteiger partial charge in [0.05, 0.1) is 3.57 Å². The monoisotopic (exact) mass is 332 g/mol. The maximum Gasteiger partial charge on any atom is 0.574 e. The maximum absolute atomic E-state index is 12.0. The van der Waals surface area contributed by atoms with Crippen LogP contribution in [0.5, 0.6) is 5.88 Å². The Balaban J connectivity index is 3.11. The fourth-order valence-electron chi connectivity index (χ4n) is 1.02. The first-order valence-corrected chi connectivity index (χ1v) is 5.03. The number of ether oxygens (including phenoxy) is 1. The summed E-state index contributed by atoms with van der Waals surface area (Å²) in [6, 6.07) is 0. The number of alkyl halides is 3. The fourth-order valence-corrected chi connectivity index (χ4v) is 1.92. The van der Waals surface area contributed by atoms with E-state index in [0.717, 1.165) is 5.56 Å². The molecule has 0 spiro atoms. The second-order valence-corrected chi connectivity index (χ2v) is 3.87. The molecule has 2 N–H and O–H groups in total. The summed E-state index contributed by atoms with van der Waals surface area (Å²) in [6.07, 6.45) is -3.42. The van der Waals surface area contributed by atoms with E-state index >= 15 is 0 Å². The molecule has 0 saturated heterocycles. The van der Waals surface area contributed by atoms with Crippen LogP contribution in [-0.4, -0.2) is 11.3 Å². The highest BCUT2D eigenvalue weighted by Crippen LogP contribution is 2.28. The Hall–Kier alpha value is -0.570. The molecule has 1 heterocycles. The summed E-state index contributed by atoms with van der Waals surface area (Å²) in [7, 11) is 0. The summed E-state index contributed by atoms with van der Waals surface area (Å²) in [5, 5.41) is 0. The molecule has 1 aromatic rings. The number of nitrogens with zero attached hydrogens (tertiary/aromatic N) is 1. The van der Waals surface area contributed by atoms with E-state index < -0.39 is 12.2 Å². The van der Waals surface area contributed by atoms with E-state index in [1.165, 1.54) is 6.20 Å². The standard InChI is InChI=1S/C8H8F3IN2O/c1-4-3-14-7(15-8(9,10)11)6(12)5(4)2-13/h3H,2,13H2,1H3. The van der Waals surface area contributed by atoms with Crippen LogP contribution in [0.15, 0.2) is 6.20 Å². The molecule has 3 nitrogen and oxygen atoms in total. The Labute approximate surface area is 98.0 Å². The van der Waals surface area contributed by atoms with Crippen LogP contribution in [0.4, 0.5) is 13.2 Å². The summed E-state index contributed by atoms with van der Waals surface area (Å²) in [6.45, 7) is 1.88. The van der Waals surface area contributed by atoms with Crippen LogP contribution in [-0.2, 0) is 6.54 Å². The van der Waals surface area contributed by atoms with Crippen LogP contribution in [0.25, 0.3) is 0 Å². The van der Waals surface area contributed by atoms with Gasteiger partial charge in [-0.3, -0.25) is 0 Å². The first-order chi connectivity index (χ1) is 6.85. The highest BCUT2D eigenvalue weighted by Gasteiger charge is 2.33. The van der Waals surface area contributed by atoms with Crippen LogP contribution < -0.4 is 10.5 Å². The lowest BCUT2D eigenvalue weighted by Crippen LogP contribution is -2.19. The molecule has 0 amide bonds. The molecule has 7 heteroatoms. The Morgan fingerprint density at radius 3 is 2.60 bits per heavy atom. The predicted molar refractivity (Wildman–Crippen MR) is 56.3 cm³/mol. The van der Waals surface area contributed by atoms with Gasteiger partial charge in [-0.25, -0.2) is 4.98 Å². The second-order valence-electron chi connectivity index (χ2n) is 2.79. The largest absolute Gasteiger partial charge is 0.574 e. The minimum atomic E-state index is -4.73. The lowest BCUT2D eigenvalue weighted by atomic mass is 10.1. The Bertz CT molecular complexity index is 368. The molecule has 0 unspecified atom stereocenters. The van der Waals surface area contributed by atoms with Crippen molar-refractivity contribution in [2.45, 2.75) is 19.8 Å². The van der Waals surface area contributed by atoms with Gasteiger partial charge in [0.2, 0.25) is 5.88 Å². The second kappa shape index (κ2) is 4.52. The van der Waals surface area contributed by atoms with Crippen molar-refractivity contribution < 1.29 is 17.9 Å². The summed E-state index contributed by atoms with van der Waals surface area (Å²) in [5.74, 6) is -0.450. The minimum absolute atomic E-state index is 0.154. The maximum atomic E-state index is 12.0. The molecule has 0 bridgehead atoms. The van der Waals surface area contributed by atoms with Crippen molar-refractivity contribution in [3.05, 3.63) is 20.9 Å². The highest BCUT2D eigenvalue weighted by atomic mass is 127. The van der Waals surface area contributed by atoms with E-state index in [9.17, 15) is 13.2 Å². The van der Waals surface area contributed by atoms with Gasteiger partial charge in [0.25, 0.3) is 0 Å². The zero-order valence-electron chi connectivity index (χ0n) is 7.73. The molecule has 0 aliphatic heterocycles. The van der Waals surface area contributed by atoms with Crippen LogP contribution >= 0.6 is 22.6 Å². The topological polar surface area (TPSA) is 48.1 Å². The van der Waals surface area contributed by atoms with Gasteiger partial charge in [0.15, 0.2) is 0 Å². The van der Waals surface area contributed by atoms with E-state index in [1.54, 1.807) is 29.5 Å². The average molecular weight is 332 g/mol. The molecule has 0 radical (unpaired) electrons. The number of nitrogens with two attached hydrogens (primary N) is 1. The molecule has 0 aliphatic rings. The Morgan fingerprint density at radius 1 is 1.53 bits per heavy atom. The number of hydrogen-bond donors (Lipinski definition) is 1. The number of pyridine rings is 1. The zero-order chi connectivity index (χ0) is 11.6. The van der Waals surface area contributed by atoms with E-state index in [0.29, 0.717) is 9.13 Å². The normalized spacial score (nSPS) is 11.6. The fraction of sp³-hybridized carbons (Fsp3) is 0.375. The van der Waals surface area contributed by atoms with Gasteiger partial charge in [-0.15, -0.1) is 13.2 Å². The van der Waals surface area contributed by atoms with Crippen molar-refractivity contribution in [3.63, 3.8) is 0 Å². The van der Waals surface area contributed by atoms with Crippen LogP contribution in [0, 0.1) is 10.5 Å². The number of hydrogen-bond acceptors (Lipinski definition) is 3. The van der Waals surface area contributed by atoms with Gasteiger partial charge in [-0.1, -0.05) is 0 Å². The predicted octanol–water partition coefficient (Wildman–Crippen LogP) is 2.35. The number of halogens is 4. The molecular weight excluding hydrogens is 324 g/mol. The van der Waals surface area contributed by atoms with Crippen molar-refractivity contribution >= 4 is 22.6 Å². The molecule has 84 valence electrons. The molecule has 1 aromatic heterocycles. The first-order valence-electron chi connectivity index (χ1n) is 3.95. The van der Waals surface area contributed by atoms with Gasteiger partial charge in [-0.05, 0) is 40.6 Å². The average Bonchev–Trinajstić information content (AvgIpc) is 2.09. The summed E-state index contributed by atoms with van der Waals surface area (Å²) in [5.41, 5.74) is 6.78. The van der Waals surface area contributed by atoms with Gasteiger partial charge in [0, 0.05) is 12.7 Å². The molecule has 0 saturated carbocycles. The summed E-state index contributed by atoms with van der Waals surface area (Å²) >= 11 is 1.74. The van der Waals surface area contributed by atoms with E-state index in [1.807, 2.05) is 0 Å². The molecule has 0 aromatic carbocycles. The van der Waals surface area contributed by atoms with Crippen molar-refractivity contribution in [2.24, 2.45) is 5.73 Å². The van der Waals surface area contributed by atoms with Gasteiger partial charge in [0.1, 0.15) is 0 Å². The number of rotatable bonds is 2. The third kappa shape index (κ3) is 3.20. The number of aromatic nitrogens is 1. The molecule has 0 aliphatic carbocycles. The van der Waals surface area contributed by atoms with Gasteiger partial charge >= 0.3 is 6.36 Å². The number of aryl methyl sites for hydroxylation is 1. The van der Waals surface area contributed by atoms with Crippen LogP contribution in [0.1, 0.15) is 11.1 Å². The van der Waals surface area contributed by atoms with E-state index in [-0.39, 0.29) is 6.54 Å². The third-order valence-corrected chi connectivity index (χ3v) is 2.83. The molecule has 1 rings (SSSR count). The Kier molecular flexibility index (Phi) is 3.77. The quantitative estimate of drug-likeness (QED) is 0.846. The smallest absolute Gasteiger partial charge is 0.387 e. The summed E-state index contributed by atoms with van der Waals surface area (Å²) in [4.78, 5) is 3.57. The van der Waals surface area contributed by atoms with Crippen LogP contribution in [0.2, 0.25) is 0 Å². The zero-order valence-corrected chi connectivity index (χ0v) is 9.89. The van der Waals surface area contributed by atoms with Crippen molar-refractivity contribution in [1.82, 2.24) is 4.98 Å². The first kappa shape index (κ1) is 12.5.